The maximum atomic E-state index is 13.3. The summed E-state index contributed by atoms with van der Waals surface area (Å²) in [6.07, 6.45) is 4.29. The Morgan fingerprint density at radius 3 is 2.72 bits per heavy atom. The van der Waals surface area contributed by atoms with E-state index in [2.05, 4.69) is 4.98 Å². The first-order chi connectivity index (χ1) is 8.70. The van der Waals surface area contributed by atoms with E-state index in [0.29, 0.717) is 12.8 Å². The van der Waals surface area contributed by atoms with E-state index in [4.69, 9.17) is 9.47 Å². The first-order valence-electron chi connectivity index (χ1n) is 6.05. The lowest BCUT2D eigenvalue weighted by Crippen LogP contribution is -2.29. The monoisotopic (exact) mass is 253 g/mol. The Morgan fingerprint density at radius 2 is 2.11 bits per heavy atom. The van der Waals surface area contributed by atoms with Crippen molar-refractivity contribution in [3.8, 4) is 5.88 Å². The molecular formula is C13H16FNO3. The fourth-order valence-electron chi connectivity index (χ4n) is 2.20. The first-order valence-corrected chi connectivity index (χ1v) is 6.05. The fraction of sp³-hybridized carbons (Fsp3) is 0.538. The molecule has 0 aromatic carbocycles. The molecule has 0 spiro atoms. The Morgan fingerprint density at radius 1 is 1.39 bits per heavy atom. The van der Waals surface area contributed by atoms with Gasteiger partial charge in [-0.25, -0.2) is 9.37 Å². The molecule has 0 bridgehead atoms. The number of pyridine rings is 1. The third-order valence-electron chi connectivity index (χ3n) is 3.21. The van der Waals surface area contributed by atoms with Crippen LogP contribution in [0.1, 0.15) is 25.7 Å². The second-order valence-electron chi connectivity index (χ2n) is 4.41. The number of methoxy groups -OCH3 is 1. The molecule has 1 aromatic rings. The lowest BCUT2D eigenvalue weighted by Gasteiger charge is -2.27. The summed E-state index contributed by atoms with van der Waals surface area (Å²) in [7, 11) is 1.40. The van der Waals surface area contributed by atoms with E-state index < -0.39 is 5.82 Å². The van der Waals surface area contributed by atoms with Crippen LogP contribution < -0.4 is 4.74 Å². The van der Waals surface area contributed by atoms with Crippen molar-refractivity contribution in [1.82, 2.24) is 4.98 Å². The van der Waals surface area contributed by atoms with E-state index in [0.717, 1.165) is 12.8 Å². The van der Waals surface area contributed by atoms with Crippen LogP contribution in [0.25, 0.3) is 0 Å². The molecule has 1 fully saturated rings. The Hall–Kier alpha value is -1.65. The number of hydrogen-bond donors (Lipinski definition) is 0. The van der Waals surface area contributed by atoms with Gasteiger partial charge in [0, 0.05) is 6.20 Å². The fourth-order valence-corrected chi connectivity index (χ4v) is 2.20. The molecule has 0 N–H and O–H groups in total. The molecule has 18 heavy (non-hydrogen) atoms. The molecule has 1 aliphatic carbocycles. The van der Waals surface area contributed by atoms with E-state index in [-0.39, 0.29) is 23.9 Å². The lowest BCUT2D eigenvalue weighted by molar-refractivity contribution is -0.147. The van der Waals surface area contributed by atoms with E-state index >= 15 is 0 Å². The average molecular weight is 253 g/mol. The molecule has 0 amide bonds. The van der Waals surface area contributed by atoms with Crippen LogP contribution in [0.15, 0.2) is 18.3 Å². The van der Waals surface area contributed by atoms with Crippen molar-refractivity contribution in [2.45, 2.75) is 31.8 Å². The van der Waals surface area contributed by atoms with Gasteiger partial charge in [0.15, 0.2) is 5.82 Å². The second kappa shape index (κ2) is 5.80. The minimum atomic E-state index is -0.451. The van der Waals surface area contributed by atoms with Crippen LogP contribution >= 0.6 is 0 Å². The number of hydrogen-bond acceptors (Lipinski definition) is 4. The minimum absolute atomic E-state index is 0.0408. The number of carbonyl (C=O) groups excluding carboxylic acids is 1. The van der Waals surface area contributed by atoms with E-state index in [1.54, 1.807) is 0 Å². The summed E-state index contributed by atoms with van der Waals surface area (Å²) in [6, 6.07) is 2.85. The predicted molar refractivity (Wildman–Crippen MR) is 62.6 cm³/mol. The third kappa shape index (κ3) is 2.97. The highest BCUT2D eigenvalue weighted by molar-refractivity contribution is 5.72. The average Bonchev–Trinajstić information content (AvgIpc) is 2.41. The van der Waals surface area contributed by atoms with Crippen molar-refractivity contribution in [2.24, 2.45) is 5.92 Å². The standard InChI is InChI=1S/C13H16FNO3/c1-17-13(16)9-4-6-10(7-5-9)18-12-11(14)3-2-8-15-12/h2-3,8-10H,4-7H2,1H3. The molecule has 1 heterocycles. The topological polar surface area (TPSA) is 48.4 Å². The third-order valence-corrected chi connectivity index (χ3v) is 3.21. The van der Waals surface area contributed by atoms with Gasteiger partial charge in [0.1, 0.15) is 6.10 Å². The molecule has 0 radical (unpaired) electrons. The van der Waals surface area contributed by atoms with Gasteiger partial charge in [0.2, 0.25) is 0 Å². The van der Waals surface area contributed by atoms with Crippen LogP contribution in [-0.4, -0.2) is 24.2 Å². The molecule has 0 unspecified atom stereocenters. The highest BCUT2D eigenvalue weighted by Gasteiger charge is 2.28. The van der Waals surface area contributed by atoms with Crippen molar-refractivity contribution in [1.29, 1.82) is 0 Å². The number of ether oxygens (including phenoxy) is 2. The first kappa shape index (κ1) is 12.8. The van der Waals surface area contributed by atoms with E-state index in [1.807, 2.05) is 0 Å². The smallest absolute Gasteiger partial charge is 0.308 e. The Labute approximate surface area is 105 Å². The van der Waals surface area contributed by atoms with Gasteiger partial charge in [0.05, 0.1) is 13.0 Å². The molecule has 5 heteroatoms. The molecule has 1 saturated carbocycles. The van der Waals surface area contributed by atoms with Crippen LogP contribution in [-0.2, 0) is 9.53 Å². The van der Waals surface area contributed by atoms with Gasteiger partial charge in [-0.3, -0.25) is 4.79 Å². The van der Waals surface area contributed by atoms with Crippen molar-refractivity contribution in [2.75, 3.05) is 7.11 Å². The number of nitrogens with zero attached hydrogens (tertiary/aromatic N) is 1. The number of aromatic nitrogens is 1. The quantitative estimate of drug-likeness (QED) is 0.776. The Bertz CT molecular complexity index is 416. The molecule has 0 saturated heterocycles. The zero-order valence-corrected chi connectivity index (χ0v) is 10.3. The number of esters is 1. The Balaban J connectivity index is 1.87. The molecule has 98 valence electrons. The van der Waals surface area contributed by atoms with Crippen LogP contribution in [0, 0.1) is 11.7 Å². The van der Waals surface area contributed by atoms with Gasteiger partial charge in [0.25, 0.3) is 5.88 Å². The summed E-state index contributed by atoms with van der Waals surface area (Å²) in [6.45, 7) is 0. The second-order valence-corrected chi connectivity index (χ2v) is 4.41. The summed E-state index contributed by atoms with van der Waals surface area (Å²) in [5.41, 5.74) is 0. The van der Waals surface area contributed by atoms with Gasteiger partial charge in [-0.2, -0.15) is 0 Å². The number of carbonyl (C=O) groups is 1. The normalized spacial score (nSPS) is 23.4. The van der Waals surface area contributed by atoms with Crippen molar-refractivity contribution >= 4 is 5.97 Å². The van der Waals surface area contributed by atoms with E-state index in [1.165, 1.54) is 25.4 Å². The van der Waals surface area contributed by atoms with Gasteiger partial charge in [-0.05, 0) is 37.8 Å². The maximum Gasteiger partial charge on any atom is 0.308 e. The number of rotatable bonds is 3. The minimum Gasteiger partial charge on any atom is -0.472 e. The summed E-state index contributed by atoms with van der Waals surface area (Å²) >= 11 is 0. The highest BCUT2D eigenvalue weighted by atomic mass is 19.1. The van der Waals surface area contributed by atoms with Gasteiger partial charge in [-0.15, -0.1) is 0 Å². The SMILES string of the molecule is COC(=O)C1CCC(Oc2ncccc2F)CC1. The molecule has 4 nitrogen and oxygen atoms in total. The Kier molecular flexibility index (Phi) is 4.12. The summed E-state index contributed by atoms with van der Waals surface area (Å²) in [4.78, 5) is 15.2. The highest BCUT2D eigenvalue weighted by Crippen LogP contribution is 2.28. The molecular weight excluding hydrogens is 237 g/mol. The molecule has 2 rings (SSSR count). The van der Waals surface area contributed by atoms with E-state index in [9.17, 15) is 9.18 Å². The largest absolute Gasteiger partial charge is 0.472 e. The van der Waals surface area contributed by atoms with Crippen molar-refractivity contribution < 1.29 is 18.7 Å². The van der Waals surface area contributed by atoms with Crippen molar-refractivity contribution in [3.63, 3.8) is 0 Å². The zero-order chi connectivity index (χ0) is 13.0. The summed E-state index contributed by atoms with van der Waals surface area (Å²) in [5.74, 6) is -0.632. The molecule has 1 aliphatic rings. The number of halogens is 1. The van der Waals surface area contributed by atoms with Crippen LogP contribution in [0.2, 0.25) is 0 Å². The van der Waals surface area contributed by atoms with Crippen molar-refractivity contribution in [3.05, 3.63) is 24.1 Å². The van der Waals surface area contributed by atoms with Crippen LogP contribution in [0.5, 0.6) is 5.88 Å². The zero-order valence-electron chi connectivity index (χ0n) is 10.3. The molecule has 0 atom stereocenters. The lowest BCUT2D eigenvalue weighted by atomic mass is 9.87. The van der Waals surface area contributed by atoms with Crippen LogP contribution in [0.4, 0.5) is 4.39 Å². The van der Waals surface area contributed by atoms with Gasteiger partial charge >= 0.3 is 5.97 Å². The molecule has 1 aromatic heterocycles. The van der Waals surface area contributed by atoms with Crippen LogP contribution in [0.3, 0.4) is 0 Å². The maximum absolute atomic E-state index is 13.3. The van der Waals surface area contributed by atoms with Gasteiger partial charge < -0.3 is 9.47 Å². The summed E-state index contributed by atoms with van der Waals surface area (Å²) < 4.78 is 23.6. The predicted octanol–water partition coefficient (Wildman–Crippen LogP) is 2.33. The van der Waals surface area contributed by atoms with Gasteiger partial charge in [-0.1, -0.05) is 0 Å². The summed E-state index contributed by atoms with van der Waals surface area (Å²) in [5, 5.41) is 0. The molecule has 0 aliphatic heterocycles.